The summed E-state index contributed by atoms with van der Waals surface area (Å²) in [7, 11) is 0. The normalized spacial score (nSPS) is 11.4. The fourth-order valence-corrected chi connectivity index (χ4v) is 4.58. The fraction of sp³-hybridized carbons (Fsp3) is 0.259. The molecule has 36 heavy (non-hydrogen) atoms. The molecule has 5 N–H and O–H groups in total. The van der Waals surface area contributed by atoms with Crippen molar-refractivity contribution in [2.24, 2.45) is 5.73 Å². The van der Waals surface area contributed by atoms with E-state index in [1.807, 2.05) is 42.5 Å². The Bertz CT molecular complexity index is 1190. The van der Waals surface area contributed by atoms with Crippen LogP contribution in [-0.2, 0) is 25.6 Å². The van der Waals surface area contributed by atoms with Crippen molar-refractivity contribution in [2.75, 3.05) is 6.54 Å². The van der Waals surface area contributed by atoms with Gasteiger partial charge in [0.2, 0.25) is 17.7 Å². The van der Waals surface area contributed by atoms with Crippen molar-refractivity contribution >= 4 is 35.0 Å². The number of hydrogen-bond acceptors (Lipinski definition) is 5. The number of carboxylic acids is 1. The Kier molecular flexibility index (Phi) is 9.76. The number of hydrogen-bond donors (Lipinski definition) is 4. The number of carbonyl (C=O) groups is 4. The van der Waals surface area contributed by atoms with E-state index >= 15 is 0 Å². The molecule has 1 aromatic heterocycles. The van der Waals surface area contributed by atoms with Crippen LogP contribution in [0.1, 0.15) is 31.2 Å². The van der Waals surface area contributed by atoms with Crippen LogP contribution >= 0.6 is 11.3 Å². The van der Waals surface area contributed by atoms with Gasteiger partial charge < -0.3 is 21.5 Å². The van der Waals surface area contributed by atoms with Gasteiger partial charge in [-0.3, -0.25) is 19.2 Å². The van der Waals surface area contributed by atoms with Gasteiger partial charge in [0.1, 0.15) is 6.04 Å². The Morgan fingerprint density at radius 1 is 0.917 bits per heavy atom. The Morgan fingerprint density at radius 3 is 2.31 bits per heavy atom. The molecule has 1 atom stereocenters. The van der Waals surface area contributed by atoms with Gasteiger partial charge in [0.15, 0.2) is 0 Å². The zero-order valence-corrected chi connectivity index (χ0v) is 20.6. The zero-order valence-electron chi connectivity index (χ0n) is 19.7. The number of amides is 3. The third-order valence-electron chi connectivity index (χ3n) is 5.56. The smallest absolute Gasteiger partial charge is 0.303 e. The fourth-order valence-electron chi connectivity index (χ4n) is 3.65. The lowest BCUT2D eigenvalue weighted by Crippen LogP contribution is -2.48. The maximum atomic E-state index is 12.5. The van der Waals surface area contributed by atoms with Gasteiger partial charge in [-0.25, -0.2) is 0 Å². The molecule has 3 rings (SSSR count). The van der Waals surface area contributed by atoms with Crippen LogP contribution in [0.2, 0.25) is 0 Å². The van der Waals surface area contributed by atoms with E-state index in [1.54, 1.807) is 11.3 Å². The van der Waals surface area contributed by atoms with E-state index in [-0.39, 0.29) is 38.1 Å². The van der Waals surface area contributed by atoms with E-state index in [0.717, 1.165) is 16.0 Å². The lowest BCUT2D eigenvalue weighted by atomic mass is 10.0. The van der Waals surface area contributed by atoms with E-state index in [0.29, 0.717) is 6.42 Å². The maximum Gasteiger partial charge on any atom is 0.303 e. The van der Waals surface area contributed by atoms with Crippen molar-refractivity contribution < 1.29 is 24.3 Å². The molecule has 0 fully saturated rings. The number of nitrogens with two attached hydrogens (primary N) is 1. The predicted molar refractivity (Wildman–Crippen MR) is 139 cm³/mol. The van der Waals surface area contributed by atoms with E-state index in [2.05, 4.69) is 34.2 Å². The third kappa shape index (κ3) is 8.35. The standard InChI is InChI=1S/C27H29N3O5S/c28-24(31)16-29-27(35)22(7-4-8-26(33)34)30-25(32)14-11-18-9-12-20(13-10-18)23-15-21(17-36-23)19-5-2-1-3-6-19/h1-3,5-6,9-10,12-13,15,17,22H,4,7-8,11,14,16H2,(H2,28,31)(H,29,35)(H,30,32)(H,33,34). The molecular weight excluding hydrogens is 478 g/mol. The Hall–Kier alpha value is -3.98. The molecule has 0 bridgehead atoms. The third-order valence-corrected chi connectivity index (χ3v) is 6.54. The van der Waals surface area contributed by atoms with Gasteiger partial charge in [-0.1, -0.05) is 54.6 Å². The Labute approximate surface area is 213 Å². The first-order valence-electron chi connectivity index (χ1n) is 11.6. The van der Waals surface area contributed by atoms with Gasteiger partial charge in [0, 0.05) is 17.7 Å². The Morgan fingerprint density at radius 2 is 1.64 bits per heavy atom. The van der Waals surface area contributed by atoms with Crippen LogP contribution in [-0.4, -0.2) is 41.4 Å². The van der Waals surface area contributed by atoms with Crippen LogP contribution in [0.5, 0.6) is 0 Å². The topological polar surface area (TPSA) is 139 Å². The monoisotopic (exact) mass is 507 g/mol. The summed E-state index contributed by atoms with van der Waals surface area (Å²) in [5, 5.41) is 16.0. The summed E-state index contributed by atoms with van der Waals surface area (Å²) in [5.74, 6) is -2.59. The average molecular weight is 508 g/mol. The predicted octanol–water partition coefficient (Wildman–Crippen LogP) is 3.36. The summed E-state index contributed by atoms with van der Waals surface area (Å²) in [6.07, 6.45) is 0.869. The van der Waals surface area contributed by atoms with Crippen molar-refractivity contribution in [3.8, 4) is 21.6 Å². The molecule has 0 saturated heterocycles. The lowest BCUT2D eigenvalue weighted by molar-refractivity contribution is -0.137. The number of carbonyl (C=O) groups excluding carboxylic acids is 3. The first-order valence-corrected chi connectivity index (χ1v) is 12.5. The minimum absolute atomic E-state index is 0.126. The molecule has 0 aliphatic carbocycles. The van der Waals surface area contributed by atoms with E-state index in [4.69, 9.17) is 10.8 Å². The molecule has 1 unspecified atom stereocenters. The second-order valence-electron chi connectivity index (χ2n) is 8.35. The molecule has 0 radical (unpaired) electrons. The zero-order chi connectivity index (χ0) is 25.9. The molecule has 8 nitrogen and oxygen atoms in total. The van der Waals surface area contributed by atoms with Crippen LogP contribution in [0.25, 0.3) is 21.6 Å². The number of rotatable bonds is 13. The van der Waals surface area contributed by atoms with Gasteiger partial charge in [-0.15, -0.1) is 11.3 Å². The molecule has 3 amide bonds. The molecule has 9 heteroatoms. The number of thiophene rings is 1. The molecular formula is C27H29N3O5S. The van der Waals surface area contributed by atoms with Crippen LogP contribution in [0.4, 0.5) is 0 Å². The molecule has 0 aliphatic heterocycles. The van der Waals surface area contributed by atoms with E-state index < -0.39 is 23.8 Å². The number of benzene rings is 2. The number of primary amides is 1. The van der Waals surface area contributed by atoms with E-state index in [1.165, 1.54) is 11.1 Å². The van der Waals surface area contributed by atoms with Gasteiger partial charge in [0.25, 0.3) is 0 Å². The number of carboxylic acid groups (broad SMARTS) is 1. The van der Waals surface area contributed by atoms with Crippen molar-refractivity contribution in [3.63, 3.8) is 0 Å². The summed E-state index contributed by atoms with van der Waals surface area (Å²) in [6.45, 7) is -0.354. The SMILES string of the molecule is NC(=O)CNC(=O)C(CCCC(=O)O)NC(=O)CCc1ccc(-c2cc(-c3ccccc3)cs2)cc1. The van der Waals surface area contributed by atoms with Gasteiger partial charge in [-0.2, -0.15) is 0 Å². The van der Waals surface area contributed by atoms with Crippen LogP contribution in [0.15, 0.2) is 66.0 Å². The molecule has 0 saturated carbocycles. The van der Waals surface area contributed by atoms with Crippen molar-refractivity contribution in [1.29, 1.82) is 0 Å². The highest BCUT2D eigenvalue weighted by molar-refractivity contribution is 7.14. The summed E-state index contributed by atoms with van der Waals surface area (Å²) in [5.41, 5.74) is 9.48. The maximum absolute atomic E-state index is 12.5. The molecule has 188 valence electrons. The van der Waals surface area contributed by atoms with E-state index in [9.17, 15) is 19.2 Å². The molecule has 2 aromatic carbocycles. The molecule has 1 heterocycles. The van der Waals surface area contributed by atoms with Crippen LogP contribution < -0.4 is 16.4 Å². The average Bonchev–Trinajstić information content (AvgIpc) is 3.36. The lowest BCUT2D eigenvalue weighted by Gasteiger charge is -2.18. The second kappa shape index (κ2) is 13.2. The summed E-state index contributed by atoms with van der Waals surface area (Å²) in [6, 6.07) is 19.4. The highest BCUT2D eigenvalue weighted by atomic mass is 32.1. The first kappa shape index (κ1) is 26.6. The van der Waals surface area contributed by atoms with Gasteiger partial charge >= 0.3 is 5.97 Å². The van der Waals surface area contributed by atoms with Crippen LogP contribution in [0.3, 0.4) is 0 Å². The summed E-state index contributed by atoms with van der Waals surface area (Å²) < 4.78 is 0. The summed E-state index contributed by atoms with van der Waals surface area (Å²) in [4.78, 5) is 47.7. The van der Waals surface area contributed by atoms with Crippen molar-refractivity contribution in [1.82, 2.24) is 10.6 Å². The minimum atomic E-state index is -0.986. The number of aliphatic carboxylic acids is 1. The number of aryl methyl sites for hydroxylation is 1. The quantitative estimate of drug-likeness (QED) is 0.281. The summed E-state index contributed by atoms with van der Waals surface area (Å²) >= 11 is 1.68. The largest absolute Gasteiger partial charge is 0.481 e. The van der Waals surface area contributed by atoms with Gasteiger partial charge in [0.05, 0.1) is 6.54 Å². The minimum Gasteiger partial charge on any atom is -0.481 e. The molecule has 0 aliphatic rings. The van der Waals surface area contributed by atoms with Crippen molar-refractivity contribution in [3.05, 3.63) is 71.6 Å². The Balaban J connectivity index is 1.54. The van der Waals surface area contributed by atoms with Gasteiger partial charge in [-0.05, 0) is 53.0 Å². The highest BCUT2D eigenvalue weighted by Crippen LogP contribution is 2.32. The first-order chi connectivity index (χ1) is 17.3. The second-order valence-corrected chi connectivity index (χ2v) is 9.26. The molecule has 3 aromatic rings. The number of nitrogens with one attached hydrogen (secondary N) is 2. The highest BCUT2D eigenvalue weighted by Gasteiger charge is 2.21. The molecule has 0 spiro atoms. The van der Waals surface area contributed by atoms with Crippen LogP contribution in [0, 0.1) is 0 Å². The van der Waals surface area contributed by atoms with Crippen molar-refractivity contribution in [2.45, 2.75) is 38.1 Å².